The summed E-state index contributed by atoms with van der Waals surface area (Å²) in [4.78, 5) is 21.0. The van der Waals surface area contributed by atoms with E-state index in [1.807, 2.05) is 30.3 Å². The second-order valence-corrected chi connectivity index (χ2v) is 6.94. The van der Waals surface area contributed by atoms with Gasteiger partial charge in [-0.3, -0.25) is 4.79 Å². The summed E-state index contributed by atoms with van der Waals surface area (Å²) in [5.74, 6) is 5.57. The average Bonchev–Trinajstić information content (AvgIpc) is 3.33. The summed E-state index contributed by atoms with van der Waals surface area (Å²) in [5.41, 5.74) is 9.98. The number of pyridine rings is 1. The molecule has 0 spiro atoms. The van der Waals surface area contributed by atoms with Crippen molar-refractivity contribution >= 4 is 11.6 Å². The number of ketones is 1. The molecule has 0 aliphatic heterocycles. The van der Waals surface area contributed by atoms with E-state index < -0.39 is 0 Å². The number of oxazole rings is 1. The van der Waals surface area contributed by atoms with Gasteiger partial charge in [-0.1, -0.05) is 60.7 Å². The molecule has 0 unspecified atom stereocenters. The number of aryl methyl sites for hydroxylation is 1. The second-order valence-electron chi connectivity index (χ2n) is 6.94. The number of rotatable bonds is 7. The molecule has 4 N–H and O–H groups in total. The molecule has 7 nitrogen and oxygen atoms in total. The first-order valence-electron chi connectivity index (χ1n) is 9.78. The molecule has 2 aromatic heterocycles. The lowest BCUT2D eigenvalue weighted by Crippen LogP contribution is -2.17. The largest absolute Gasteiger partial charge is 0.432 e. The number of benzene rings is 2. The van der Waals surface area contributed by atoms with Gasteiger partial charge in [-0.05, 0) is 35.2 Å². The molecule has 0 saturated heterocycles. The number of carbonyl (C=O) groups is 1. The summed E-state index contributed by atoms with van der Waals surface area (Å²) in [5, 5.41) is 3.43. The minimum Gasteiger partial charge on any atom is -0.432 e. The number of aromatic nitrogens is 2. The van der Waals surface area contributed by atoms with Gasteiger partial charge in [0.25, 0.3) is 5.89 Å². The summed E-state index contributed by atoms with van der Waals surface area (Å²) < 4.78 is 5.63. The number of Topliss-reactive ketones (excluding diaryl/α,β-unsaturated/α-hetero) is 1. The van der Waals surface area contributed by atoms with Crippen molar-refractivity contribution in [2.24, 2.45) is 16.7 Å². The lowest BCUT2D eigenvalue weighted by molar-refractivity contribution is 0.0950. The van der Waals surface area contributed by atoms with Crippen molar-refractivity contribution in [2.75, 3.05) is 0 Å². The maximum absolute atomic E-state index is 12.5. The van der Waals surface area contributed by atoms with Gasteiger partial charge < -0.3 is 16.0 Å². The van der Waals surface area contributed by atoms with Gasteiger partial charge in [-0.25, -0.2) is 9.97 Å². The molecule has 0 atom stereocenters. The molecule has 154 valence electrons. The van der Waals surface area contributed by atoms with Gasteiger partial charge in [-0.15, -0.1) is 0 Å². The van der Waals surface area contributed by atoms with Crippen LogP contribution in [0.4, 0.5) is 0 Å². The predicted molar refractivity (Wildman–Crippen MR) is 119 cm³/mol. The highest BCUT2D eigenvalue weighted by molar-refractivity contribution is 5.96. The number of nitrogens with zero attached hydrogens (tertiary/aromatic N) is 3. The summed E-state index contributed by atoms with van der Waals surface area (Å²) in [6.45, 7) is 0. The molecule has 0 aliphatic rings. The molecular weight excluding hydrogens is 390 g/mol. The fraction of sp³-hybridized carbons (Fsp3) is 0.0833. The van der Waals surface area contributed by atoms with E-state index >= 15 is 0 Å². The zero-order valence-electron chi connectivity index (χ0n) is 16.7. The summed E-state index contributed by atoms with van der Waals surface area (Å²) >= 11 is 0. The molecular formula is C24H21N5O2. The van der Waals surface area contributed by atoms with E-state index in [0.29, 0.717) is 30.0 Å². The van der Waals surface area contributed by atoms with Crippen LogP contribution >= 0.6 is 0 Å². The fourth-order valence-corrected chi connectivity index (χ4v) is 3.16. The van der Waals surface area contributed by atoms with Crippen LogP contribution in [0.2, 0.25) is 0 Å². The average molecular weight is 411 g/mol. The van der Waals surface area contributed by atoms with Crippen molar-refractivity contribution in [3.8, 4) is 22.6 Å². The maximum atomic E-state index is 12.5. The van der Waals surface area contributed by atoms with Crippen molar-refractivity contribution in [3.05, 3.63) is 96.1 Å². The highest BCUT2D eigenvalue weighted by Gasteiger charge is 2.15. The smallest absolute Gasteiger partial charge is 0.263 e. The van der Waals surface area contributed by atoms with Crippen molar-refractivity contribution < 1.29 is 9.21 Å². The third kappa shape index (κ3) is 4.67. The van der Waals surface area contributed by atoms with Crippen LogP contribution in [0.1, 0.15) is 28.4 Å². The number of hydrogen-bond donors (Lipinski definition) is 2. The van der Waals surface area contributed by atoms with Gasteiger partial charge in [0.05, 0.1) is 6.20 Å². The number of carbonyl (C=O) groups excluding carboxylic acids is 1. The van der Waals surface area contributed by atoms with Crippen LogP contribution in [0.15, 0.2) is 88.5 Å². The Morgan fingerprint density at radius 3 is 2.42 bits per heavy atom. The Kier molecular flexibility index (Phi) is 5.84. The molecule has 2 aromatic carbocycles. The topological polar surface area (TPSA) is 120 Å². The Morgan fingerprint density at radius 2 is 1.68 bits per heavy atom. The number of hydrazone groups is 1. The van der Waals surface area contributed by atoms with E-state index in [9.17, 15) is 4.79 Å². The molecule has 0 saturated carbocycles. The summed E-state index contributed by atoms with van der Waals surface area (Å²) in [7, 11) is 0. The van der Waals surface area contributed by atoms with E-state index in [4.69, 9.17) is 16.0 Å². The Labute approximate surface area is 179 Å². The van der Waals surface area contributed by atoms with E-state index in [-0.39, 0.29) is 17.5 Å². The molecule has 4 aromatic rings. The lowest BCUT2D eigenvalue weighted by Gasteiger charge is -2.04. The third-order valence-electron chi connectivity index (χ3n) is 4.85. The van der Waals surface area contributed by atoms with Crippen LogP contribution in [0.3, 0.4) is 0 Å². The molecule has 0 aliphatic carbocycles. The number of amidine groups is 1. The zero-order chi connectivity index (χ0) is 21.6. The first kappa shape index (κ1) is 20.0. The molecule has 7 heteroatoms. The summed E-state index contributed by atoms with van der Waals surface area (Å²) in [6, 6.07) is 23.5. The van der Waals surface area contributed by atoms with Crippen LogP contribution in [0.25, 0.3) is 22.6 Å². The van der Waals surface area contributed by atoms with E-state index in [1.165, 1.54) is 6.20 Å². The van der Waals surface area contributed by atoms with Gasteiger partial charge in [0, 0.05) is 6.42 Å². The van der Waals surface area contributed by atoms with Crippen LogP contribution in [-0.2, 0) is 6.42 Å². The Bertz CT molecular complexity index is 1210. The van der Waals surface area contributed by atoms with Gasteiger partial charge >= 0.3 is 0 Å². The fourth-order valence-electron chi connectivity index (χ4n) is 3.16. The van der Waals surface area contributed by atoms with E-state index in [2.05, 4.69) is 39.3 Å². The monoisotopic (exact) mass is 411 g/mol. The predicted octanol–water partition coefficient (Wildman–Crippen LogP) is 3.80. The summed E-state index contributed by atoms with van der Waals surface area (Å²) in [6.07, 6.45) is 2.37. The molecule has 31 heavy (non-hydrogen) atoms. The van der Waals surface area contributed by atoms with E-state index in [0.717, 1.165) is 16.7 Å². The van der Waals surface area contributed by atoms with Gasteiger partial charge in [0.2, 0.25) is 5.78 Å². The van der Waals surface area contributed by atoms with Crippen molar-refractivity contribution in [1.82, 2.24) is 9.97 Å². The molecule has 0 fully saturated rings. The van der Waals surface area contributed by atoms with Crippen molar-refractivity contribution in [2.45, 2.75) is 12.8 Å². The number of hydrogen-bond acceptors (Lipinski definition) is 6. The van der Waals surface area contributed by atoms with Gasteiger partial charge in [-0.2, -0.15) is 5.10 Å². The standard InChI is InChI=1S/C24H21N5O2/c25-23(29-26)20-8-4-7-19(28-20)22-15-27-24(31-22)21(30)14-11-16-9-12-18(13-10-16)17-5-2-1-3-6-17/h1-10,12-13,15H,11,14,26H2,(H2,25,29). The first-order valence-corrected chi connectivity index (χ1v) is 9.78. The van der Waals surface area contributed by atoms with Crippen LogP contribution in [-0.4, -0.2) is 21.6 Å². The lowest BCUT2D eigenvalue weighted by atomic mass is 10.0. The van der Waals surface area contributed by atoms with Crippen molar-refractivity contribution in [3.63, 3.8) is 0 Å². The quantitative estimate of drug-likeness (QED) is 0.157. The molecule has 0 bridgehead atoms. The van der Waals surface area contributed by atoms with Crippen LogP contribution < -0.4 is 11.6 Å². The molecule has 0 radical (unpaired) electrons. The zero-order valence-corrected chi connectivity index (χ0v) is 16.7. The number of nitrogens with two attached hydrogens (primary N) is 2. The third-order valence-corrected chi connectivity index (χ3v) is 4.85. The Morgan fingerprint density at radius 1 is 0.935 bits per heavy atom. The molecule has 0 amide bonds. The van der Waals surface area contributed by atoms with E-state index in [1.54, 1.807) is 18.2 Å². The first-order chi connectivity index (χ1) is 15.1. The Balaban J connectivity index is 1.41. The van der Waals surface area contributed by atoms with Crippen molar-refractivity contribution in [1.29, 1.82) is 0 Å². The van der Waals surface area contributed by atoms with Gasteiger partial charge in [0.15, 0.2) is 11.6 Å². The van der Waals surface area contributed by atoms with Crippen LogP contribution in [0.5, 0.6) is 0 Å². The molecule has 2 heterocycles. The molecule has 4 rings (SSSR count). The van der Waals surface area contributed by atoms with Gasteiger partial charge in [0.1, 0.15) is 11.4 Å². The van der Waals surface area contributed by atoms with Crippen LogP contribution in [0, 0.1) is 0 Å². The highest BCUT2D eigenvalue weighted by Crippen LogP contribution is 2.21. The SMILES string of the molecule is N/N=C(\N)c1cccc(-c2cnc(C(=O)CCc3ccc(-c4ccccc4)cc3)o2)n1. The second kappa shape index (κ2) is 9.04. The highest BCUT2D eigenvalue weighted by atomic mass is 16.4. The Hall–Kier alpha value is -4.26. The minimum absolute atomic E-state index is 0.0589. The normalized spacial score (nSPS) is 11.4. The maximum Gasteiger partial charge on any atom is 0.263 e. The minimum atomic E-state index is -0.169.